The lowest BCUT2D eigenvalue weighted by Gasteiger charge is -2.02. The molecule has 27 heavy (non-hydrogen) atoms. The van der Waals surface area contributed by atoms with Crippen molar-refractivity contribution in [2.24, 2.45) is 0 Å². The van der Waals surface area contributed by atoms with Gasteiger partial charge >= 0.3 is 0 Å². The molecule has 2 aromatic carbocycles. The van der Waals surface area contributed by atoms with Crippen molar-refractivity contribution < 1.29 is 4.92 Å². The fourth-order valence-electron chi connectivity index (χ4n) is 2.90. The molecule has 2 heterocycles. The Labute approximate surface area is 164 Å². The van der Waals surface area contributed by atoms with Gasteiger partial charge in [-0.1, -0.05) is 11.6 Å². The predicted molar refractivity (Wildman–Crippen MR) is 110 cm³/mol. The number of aromatic amines is 1. The Morgan fingerprint density at radius 2 is 2.04 bits per heavy atom. The van der Waals surface area contributed by atoms with Crippen LogP contribution < -0.4 is 5.32 Å². The average molecular weight is 399 g/mol. The van der Waals surface area contributed by atoms with Gasteiger partial charge in [0.25, 0.3) is 5.69 Å². The highest BCUT2D eigenvalue weighted by molar-refractivity contribution is 7.14. The first-order chi connectivity index (χ1) is 13.1. The van der Waals surface area contributed by atoms with Crippen molar-refractivity contribution >= 4 is 44.7 Å². The summed E-state index contributed by atoms with van der Waals surface area (Å²) in [7, 11) is 0. The molecule has 4 rings (SSSR count). The fourth-order valence-corrected chi connectivity index (χ4v) is 3.82. The summed E-state index contributed by atoms with van der Waals surface area (Å²) in [6, 6.07) is 12.2. The van der Waals surface area contributed by atoms with Crippen LogP contribution in [0.3, 0.4) is 0 Å². The molecule has 0 aliphatic rings. The number of nitrogens with zero attached hydrogens (tertiary/aromatic N) is 2. The number of fused-ring (bicyclic) bond motifs is 1. The Kier molecular flexibility index (Phi) is 4.79. The minimum Gasteiger partial charge on any atom is -0.361 e. The van der Waals surface area contributed by atoms with Crippen LogP contribution in [0.15, 0.2) is 54.0 Å². The number of nitro benzene ring substituents is 1. The maximum absolute atomic E-state index is 10.7. The molecular weight excluding hydrogens is 384 g/mol. The molecule has 0 spiro atoms. The number of aromatic nitrogens is 2. The molecule has 0 fully saturated rings. The normalized spacial score (nSPS) is 11.0. The zero-order chi connectivity index (χ0) is 18.8. The van der Waals surface area contributed by atoms with Gasteiger partial charge in [0.15, 0.2) is 5.13 Å². The number of halogens is 1. The zero-order valence-corrected chi connectivity index (χ0v) is 15.7. The maximum atomic E-state index is 10.7. The summed E-state index contributed by atoms with van der Waals surface area (Å²) in [5, 5.41) is 18.7. The third-order valence-electron chi connectivity index (χ3n) is 4.28. The van der Waals surface area contributed by atoms with Crippen LogP contribution in [0.2, 0.25) is 5.02 Å². The molecule has 0 unspecified atom stereocenters. The van der Waals surface area contributed by atoms with Crippen LogP contribution in [0.25, 0.3) is 22.2 Å². The van der Waals surface area contributed by atoms with Crippen LogP contribution >= 0.6 is 22.9 Å². The van der Waals surface area contributed by atoms with E-state index in [1.165, 1.54) is 29.0 Å². The van der Waals surface area contributed by atoms with Crippen LogP contribution in [0, 0.1) is 10.1 Å². The number of H-pyrrole nitrogens is 1. The Bertz CT molecular complexity index is 1100. The van der Waals surface area contributed by atoms with E-state index in [1.54, 1.807) is 12.1 Å². The van der Waals surface area contributed by atoms with Crippen molar-refractivity contribution in [3.63, 3.8) is 0 Å². The van der Waals surface area contributed by atoms with Crippen molar-refractivity contribution in [3.05, 3.63) is 74.7 Å². The van der Waals surface area contributed by atoms with E-state index in [-0.39, 0.29) is 5.69 Å². The monoisotopic (exact) mass is 398 g/mol. The van der Waals surface area contributed by atoms with E-state index in [0.717, 1.165) is 45.3 Å². The van der Waals surface area contributed by atoms with Crippen molar-refractivity contribution in [2.75, 3.05) is 11.9 Å². The van der Waals surface area contributed by atoms with E-state index < -0.39 is 4.92 Å². The van der Waals surface area contributed by atoms with E-state index in [9.17, 15) is 10.1 Å². The van der Waals surface area contributed by atoms with Gasteiger partial charge in [0, 0.05) is 51.7 Å². The van der Waals surface area contributed by atoms with E-state index in [1.807, 2.05) is 29.8 Å². The van der Waals surface area contributed by atoms with Crippen molar-refractivity contribution in [1.29, 1.82) is 0 Å². The van der Waals surface area contributed by atoms with Crippen LogP contribution in [0.5, 0.6) is 0 Å². The second-order valence-electron chi connectivity index (χ2n) is 6.02. The molecule has 0 saturated carbocycles. The molecule has 2 aromatic heterocycles. The largest absolute Gasteiger partial charge is 0.361 e. The summed E-state index contributed by atoms with van der Waals surface area (Å²) in [5.74, 6) is 0. The van der Waals surface area contributed by atoms with Gasteiger partial charge in [-0.15, -0.1) is 11.3 Å². The van der Waals surface area contributed by atoms with Gasteiger partial charge in [-0.2, -0.15) is 0 Å². The van der Waals surface area contributed by atoms with Gasteiger partial charge in [-0.3, -0.25) is 10.1 Å². The van der Waals surface area contributed by atoms with Gasteiger partial charge in [-0.05, 0) is 42.3 Å². The van der Waals surface area contributed by atoms with Crippen molar-refractivity contribution in [3.8, 4) is 11.3 Å². The van der Waals surface area contributed by atoms with Gasteiger partial charge in [-0.25, -0.2) is 4.98 Å². The number of hydrogen-bond acceptors (Lipinski definition) is 5. The predicted octanol–water partition coefficient (Wildman–Crippen LogP) is 5.51. The second-order valence-corrected chi connectivity index (χ2v) is 7.32. The first-order valence-electron chi connectivity index (χ1n) is 8.30. The summed E-state index contributed by atoms with van der Waals surface area (Å²) in [6.45, 7) is 0.743. The molecule has 136 valence electrons. The van der Waals surface area contributed by atoms with Crippen molar-refractivity contribution in [2.45, 2.75) is 6.42 Å². The zero-order valence-electron chi connectivity index (χ0n) is 14.1. The first-order valence-corrected chi connectivity index (χ1v) is 9.55. The third-order valence-corrected chi connectivity index (χ3v) is 5.31. The molecule has 8 heteroatoms. The Morgan fingerprint density at radius 3 is 2.81 bits per heavy atom. The number of non-ortho nitro benzene ring substituents is 1. The van der Waals surface area contributed by atoms with E-state index >= 15 is 0 Å². The second kappa shape index (κ2) is 7.38. The van der Waals surface area contributed by atoms with Crippen molar-refractivity contribution in [1.82, 2.24) is 9.97 Å². The summed E-state index contributed by atoms with van der Waals surface area (Å²) in [6.07, 6.45) is 2.85. The maximum Gasteiger partial charge on any atom is 0.269 e. The first kappa shape index (κ1) is 17.5. The average Bonchev–Trinajstić information content (AvgIpc) is 3.29. The molecule has 0 aliphatic heterocycles. The molecule has 0 radical (unpaired) electrons. The number of hydrogen-bond donors (Lipinski definition) is 2. The minimum atomic E-state index is -0.407. The molecule has 0 bridgehead atoms. The summed E-state index contributed by atoms with van der Waals surface area (Å²) < 4.78 is 0. The lowest BCUT2D eigenvalue weighted by atomic mass is 10.1. The summed E-state index contributed by atoms with van der Waals surface area (Å²) in [4.78, 5) is 18.1. The molecular formula is C19H15ClN4O2S. The number of thiazole rings is 1. The Morgan fingerprint density at radius 1 is 1.22 bits per heavy atom. The van der Waals surface area contributed by atoms with Crippen LogP contribution in [0.1, 0.15) is 5.56 Å². The standard InChI is InChI=1S/C19H15ClN4O2S/c20-14-3-6-17-16(9-14)13(10-22-17)7-8-21-19-23-18(11-27-19)12-1-4-15(5-2-12)24(25)26/h1-6,9-11,22H,7-8H2,(H,21,23). The van der Waals surface area contributed by atoms with E-state index in [0.29, 0.717) is 0 Å². The molecule has 0 atom stereocenters. The smallest absolute Gasteiger partial charge is 0.269 e. The van der Waals surface area contributed by atoms with Gasteiger partial charge < -0.3 is 10.3 Å². The van der Waals surface area contributed by atoms with Gasteiger partial charge in [0.1, 0.15) is 0 Å². The Hall–Kier alpha value is -2.90. The van der Waals surface area contributed by atoms with Gasteiger partial charge in [0.05, 0.1) is 10.6 Å². The summed E-state index contributed by atoms with van der Waals surface area (Å²) >= 11 is 7.60. The number of benzene rings is 2. The molecule has 2 N–H and O–H groups in total. The van der Waals surface area contributed by atoms with E-state index in [4.69, 9.17) is 11.6 Å². The summed E-state index contributed by atoms with van der Waals surface area (Å²) in [5.41, 5.74) is 4.01. The third kappa shape index (κ3) is 3.79. The lowest BCUT2D eigenvalue weighted by molar-refractivity contribution is -0.384. The molecule has 0 amide bonds. The molecule has 6 nitrogen and oxygen atoms in total. The fraction of sp³-hybridized carbons (Fsp3) is 0.105. The highest BCUT2D eigenvalue weighted by atomic mass is 35.5. The molecule has 4 aromatic rings. The van der Waals surface area contributed by atoms with Crippen LogP contribution in [0.4, 0.5) is 10.8 Å². The number of rotatable bonds is 6. The number of nitrogens with one attached hydrogen (secondary N) is 2. The quantitative estimate of drug-likeness (QED) is 0.331. The Balaban J connectivity index is 1.40. The van der Waals surface area contributed by atoms with Crippen LogP contribution in [-0.4, -0.2) is 21.4 Å². The lowest BCUT2D eigenvalue weighted by Crippen LogP contribution is -2.04. The van der Waals surface area contributed by atoms with Crippen LogP contribution in [-0.2, 0) is 6.42 Å². The highest BCUT2D eigenvalue weighted by Crippen LogP contribution is 2.27. The highest BCUT2D eigenvalue weighted by Gasteiger charge is 2.09. The number of nitro groups is 1. The van der Waals surface area contributed by atoms with Gasteiger partial charge in [0.2, 0.25) is 0 Å². The SMILES string of the molecule is O=[N+]([O-])c1ccc(-c2csc(NCCc3c[nH]c4ccc(Cl)cc34)n2)cc1. The molecule has 0 aliphatic carbocycles. The topological polar surface area (TPSA) is 83.9 Å². The number of anilines is 1. The molecule has 0 saturated heterocycles. The van der Waals surface area contributed by atoms with E-state index in [2.05, 4.69) is 15.3 Å². The minimum absolute atomic E-state index is 0.0751.